The van der Waals surface area contributed by atoms with Gasteiger partial charge in [0.25, 0.3) is 0 Å². The molecule has 0 aliphatic rings. The largest absolute Gasteiger partial charge is 0 e. The van der Waals surface area contributed by atoms with Gasteiger partial charge in [-0.1, -0.05) is 49.1 Å². The summed E-state index contributed by atoms with van der Waals surface area (Å²) in [6.45, 7) is 5.96. The minimum Gasteiger partial charge on any atom is 0 e. The normalized spacial score (nSPS) is 11.9. The van der Waals surface area contributed by atoms with Crippen LogP contribution in [0.2, 0.25) is 17.3 Å². The number of hydrogen-bond donors (Lipinski definition) is 0. The summed E-state index contributed by atoms with van der Waals surface area (Å²) in [6.07, 6.45) is 3.84. The van der Waals surface area contributed by atoms with Crippen LogP contribution in [-0.2, 0) is 20.1 Å². The Balaban J connectivity index is 0.000000200. The molecule has 6 rings (SSSR count). The van der Waals surface area contributed by atoms with Crippen LogP contribution in [0.4, 0.5) is 0 Å². The van der Waals surface area contributed by atoms with Gasteiger partial charge in [0.2, 0.25) is 0 Å². The van der Waals surface area contributed by atoms with E-state index >= 15 is 0 Å². The van der Waals surface area contributed by atoms with Crippen LogP contribution in [0.15, 0.2) is 91.3 Å². The molecule has 0 saturated carbocycles. The molecule has 0 amide bonds. The first-order valence-electron chi connectivity index (χ1n) is 13.8. The predicted molar refractivity (Wildman–Crippen MR) is 172 cm³/mol. The molecule has 0 spiro atoms. The maximum absolute atomic E-state index is 8.28. The van der Waals surface area contributed by atoms with Crippen LogP contribution in [-0.4, -0.2) is 23.2 Å². The van der Waals surface area contributed by atoms with E-state index in [0.29, 0.717) is 0 Å². The zero-order valence-electron chi connectivity index (χ0n) is 24.8. The first-order chi connectivity index (χ1) is 19.0. The van der Waals surface area contributed by atoms with Crippen LogP contribution < -0.4 is 4.40 Å². The van der Waals surface area contributed by atoms with Gasteiger partial charge in [-0.3, -0.25) is 0 Å². The smallest absolute Gasteiger partial charge is 0 e. The molecule has 40 heavy (non-hydrogen) atoms. The molecule has 0 bridgehead atoms. The fourth-order valence-corrected chi connectivity index (χ4v) is 7.97. The molecule has 3 aromatic heterocycles. The summed E-state index contributed by atoms with van der Waals surface area (Å²) in [5.74, 6) is 6.50. The second-order valence-electron chi connectivity index (χ2n) is 11.0. The van der Waals surface area contributed by atoms with E-state index in [9.17, 15) is 0 Å². The monoisotopic (exact) mass is 782 g/mol. The number of aryl methyl sites for hydroxylation is 1. The van der Waals surface area contributed by atoms with Crippen LogP contribution in [0.3, 0.4) is 0 Å². The maximum Gasteiger partial charge on any atom is 0 e. The molecule has 2 nitrogen and oxygen atoms in total. The fraction of sp³-hybridized carbons (Fsp3) is 0.200. The van der Waals surface area contributed by atoms with Crippen molar-refractivity contribution in [3.05, 3.63) is 115 Å². The second-order valence-corrected chi connectivity index (χ2v) is 22.7. The molecule has 0 aliphatic heterocycles. The summed E-state index contributed by atoms with van der Waals surface area (Å²) in [5.41, 5.74) is 6.26. The molecule has 3 aromatic carbocycles. The van der Waals surface area contributed by atoms with Gasteiger partial charge >= 0.3 is 99.8 Å². The minimum absolute atomic E-state index is 0. The van der Waals surface area contributed by atoms with Crippen molar-refractivity contribution in [1.29, 1.82) is 0 Å². The van der Waals surface area contributed by atoms with Crippen LogP contribution >= 0.6 is 11.3 Å². The molecule has 1 radical (unpaired) electrons. The van der Waals surface area contributed by atoms with E-state index < -0.39 is 19.2 Å². The van der Waals surface area contributed by atoms with E-state index in [0.717, 1.165) is 28.1 Å². The SMILES string of the molecule is [2H]C(C)(C)c1ccnc(-c2[c-]ccc3c2sc2c(C)cccc23)c1.[CH3][Ge]([CH3])([CH3])[c]1ccc(-c2[c-]cccc2)nc1.[Ir]. The van der Waals surface area contributed by atoms with Crippen LogP contribution in [0, 0.1) is 19.1 Å². The topological polar surface area (TPSA) is 25.8 Å². The van der Waals surface area contributed by atoms with Crippen molar-refractivity contribution < 1.29 is 21.5 Å². The van der Waals surface area contributed by atoms with Gasteiger partial charge in [0.05, 0.1) is 0 Å². The Kier molecular flexibility index (Phi) is 9.32. The van der Waals surface area contributed by atoms with Gasteiger partial charge in [-0.15, -0.1) is 23.8 Å². The van der Waals surface area contributed by atoms with Crippen molar-refractivity contribution in [2.24, 2.45) is 0 Å². The quantitative estimate of drug-likeness (QED) is 0.132. The van der Waals surface area contributed by atoms with Crippen molar-refractivity contribution in [2.45, 2.75) is 43.9 Å². The Morgan fingerprint density at radius 1 is 0.825 bits per heavy atom. The van der Waals surface area contributed by atoms with E-state index in [1.165, 1.54) is 30.1 Å². The van der Waals surface area contributed by atoms with E-state index in [1.54, 1.807) is 17.5 Å². The zero-order chi connectivity index (χ0) is 28.5. The Morgan fingerprint density at radius 2 is 1.62 bits per heavy atom. The standard InChI is InChI=1S/C21H18NS.C14H16GeN.Ir/c1-13(2)15-10-11-22-19(12-15)18-9-5-8-17-16-7-4-6-14(3)20(16)23-21(17)18;1-15(2,3)13-9-10-14(16-11-13)12-7-5-4-6-8-12;/h4-8,10-13H,1-3H3;4-7,9-11H,1-3H3;/q2*-1;/i13D;;. The Morgan fingerprint density at radius 3 is 2.30 bits per heavy atom. The molecule has 0 unspecified atom stereocenters. The number of fused-ring (bicyclic) bond motifs is 3. The average molecular weight is 781 g/mol. The Labute approximate surface area is 260 Å². The van der Waals surface area contributed by atoms with Gasteiger partial charge in [0.1, 0.15) is 0 Å². The third kappa shape index (κ3) is 6.63. The van der Waals surface area contributed by atoms with Gasteiger partial charge in [0, 0.05) is 32.4 Å². The minimum atomic E-state index is -1.72. The number of benzene rings is 3. The molecular weight excluding hydrogens is 745 g/mol. The van der Waals surface area contributed by atoms with E-state index in [1.807, 2.05) is 62.5 Å². The van der Waals surface area contributed by atoms with Gasteiger partial charge in [-0.05, 0) is 40.2 Å². The summed E-state index contributed by atoms with van der Waals surface area (Å²) < 4.78 is 12.3. The fourth-order valence-electron chi connectivity index (χ4n) is 4.52. The molecule has 5 heteroatoms. The van der Waals surface area contributed by atoms with Crippen LogP contribution in [0.5, 0.6) is 0 Å². The number of thiophene rings is 1. The summed E-state index contributed by atoms with van der Waals surface area (Å²) >= 11 is 0.0891. The van der Waals surface area contributed by atoms with Crippen molar-refractivity contribution in [1.82, 2.24) is 9.97 Å². The number of pyridine rings is 2. The molecule has 0 fully saturated rings. The summed E-state index contributed by atoms with van der Waals surface area (Å²) in [5, 5.41) is 2.55. The molecule has 3 heterocycles. The maximum atomic E-state index is 8.28. The van der Waals surface area contributed by atoms with Gasteiger partial charge in [-0.25, -0.2) is 0 Å². The molecule has 0 atom stereocenters. The van der Waals surface area contributed by atoms with Crippen molar-refractivity contribution in [3.63, 3.8) is 0 Å². The summed E-state index contributed by atoms with van der Waals surface area (Å²) in [7, 11) is 0. The predicted octanol–water partition coefficient (Wildman–Crippen LogP) is 9.44. The molecule has 6 aromatic rings. The van der Waals surface area contributed by atoms with Crippen molar-refractivity contribution >= 4 is 49.2 Å². The molecule has 205 valence electrons. The van der Waals surface area contributed by atoms with E-state index in [-0.39, 0.29) is 20.1 Å². The number of aromatic nitrogens is 2. The second kappa shape index (κ2) is 12.9. The van der Waals surface area contributed by atoms with Gasteiger partial charge in [0.15, 0.2) is 0 Å². The zero-order valence-corrected chi connectivity index (χ0v) is 29.1. The van der Waals surface area contributed by atoms with Crippen molar-refractivity contribution in [3.8, 4) is 22.5 Å². The summed E-state index contributed by atoms with van der Waals surface area (Å²) in [4.78, 5) is 9.09. The molecule has 0 N–H and O–H groups in total. The van der Waals surface area contributed by atoms with Gasteiger partial charge in [-0.2, -0.15) is 11.3 Å². The van der Waals surface area contributed by atoms with Crippen LogP contribution in [0.25, 0.3) is 42.7 Å². The number of nitrogens with zero attached hydrogens (tertiary/aromatic N) is 2. The third-order valence-corrected chi connectivity index (χ3v) is 12.5. The first-order valence-corrected chi connectivity index (χ1v) is 21.4. The summed E-state index contributed by atoms with van der Waals surface area (Å²) in [6, 6.07) is 33.4. The average Bonchev–Trinajstić information content (AvgIpc) is 3.34. The Hall–Kier alpha value is -2.63. The molecule has 0 saturated heterocycles. The van der Waals surface area contributed by atoms with Gasteiger partial charge < -0.3 is 4.98 Å². The Bertz CT molecular complexity index is 1770. The molecule has 0 aliphatic carbocycles. The van der Waals surface area contributed by atoms with Crippen molar-refractivity contribution in [2.75, 3.05) is 0 Å². The number of rotatable bonds is 4. The third-order valence-electron chi connectivity index (χ3n) is 6.86. The first kappa shape index (κ1) is 28.9. The number of hydrogen-bond acceptors (Lipinski definition) is 3. The van der Waals surface area contributed by atoms with E-state index in [2.05, 4.69) is 82.7 Å². The molecular formula is C35H34GeIrN2S-2. The van der Waals surface area contributed by atoms with E-state index in [4.69, 9.17) is 1.37 Å². The van der Waals surface area contributed by atoms with Crippen LogP contribution in [0.1, 0.15) is 32.2 Å².